The number of halogens is 2. The van der Waals surface area contributed by atoms with Crippen LogP contribution in [0.25, 0.3) is 0 Å². The zero-order chi connectivity index (χ0) is 18.0. The second kappa shape index (κ2) is 6.88. The maximum atomic E-state index is 13.6. The highest BCUT2D eigenvalue weighted by atomic mass is 19.1. The number of hydrogen-bond donors (Lipinski definition) is 2. The van der Waals surface area contributed by atoms with Gasteiger partial charge in [0.2, 0.25) is 11.8 Å². The van der Waals surface area contributed by atoms with E-state index in [1.807, 2.05) is 0 Å². The molecular formula is C18H16F2N2O3. The summed E-state index contributed by atoms with van der Waals surface area (Å²) in [5, 5.41) is 4.92. The molecule has 0 radical (unpaired) electrons. The Kier molecular flexibility index (Phi) is 4.65. The van der Waals surface area contributed by atoms with E-state index in [9.17, 15) is 18.4 Å². The van der Waals surface area contributed by atoms with Gasteiger partial charge >= 0.3 is 0 Å². The van der Waals surface area contributed by atoms with Crippen LogP contribution in [-0.2, 0) is 9.59 Å². The molecule has 2 N–H and O–H groups in total. The van der Waals surface area contributed by atoms with Crippen molar-refractivity contribution in [2.45, 2.75) is 6.42 Å². The fraction of sp³-hybridized carbons (Fsp3) is 0.222. The van der Waals surface area contributed by atoms with E-state index in [2.05, 4.69) is 10.6 Å². The van der Waals surface area contributed by atoms with Crippen LogP contribution in [-0.4, -0.2) is 18.9 Å². The molecule has 1 saturated carbocycles. The fourth-order valence-corrected chi connectivity index (χ4v) is 2.52. The third-order valence-corrected chi connectivity index (χ3v) is 4.03. The predicted molar refractivity (Wildman–Crippen MR) is 88.2 cm³/mol. The summed E-state index contributed by atoms with van der Waals surface area (Å²) < 4.78 is 32.1. The number of nitrogens with one attached hydrogen (secondary N) is 2. The molecule has 0 bridgehead atoms. The molecule has 2 aromatic rings. The molecule has 0 aromatic heterocycles. The molecule has 5 nitrogen and oxygen atoms in total. The van der Waals surface area contributed by atoms with Crippen molar-refractivity contribution >= 4 is 23.2 Å². The molecule has 25 heavy (non-hydrogen) atoms. The van der Waals surface area contributed by atoms with Crippen molar-refractivity contribution in [3.8, 4) is 5.75 Å². The number of methoxy groups -OCH3 is 1. The number of anilines is 2. The van der Waals surface area contributed by atoms with Gasteiger partial charge in [-0.05, 0) is 42.8 Å². The molecule has 0 spiro atoms. The van der Waals surface area contributed by atoms with Gasteiger partial charge in [0.1, 0.15) is 23.1 Å². The summed E-state index contributed by atoms with van der Waals surface area (Å²) in [5.74, 6) is -3.04. The van der Waals surface area contributed by atoms with Gasteiger partial charge < -0.3 is 15.4 Å². The smallest absolute Gasteiger partial charge is 0.228 e. The van der Waals surface area contributed by atoms with Crippen LogP contribution in [0.2, 0.25) is 0 Å². The molecule has 2 amide bonds. The van der Waals surface area contributed by atoms with Crippen LogP contribution >= 0.6 is 0 Å². The second-order valence-corrected chi connectivity index (χ2v) is 5.75. The first kappa shape index (κ1) is 16.9. The van der Waals surface area contributed by atoms with Gasteiger partial charge in [-0.1, -0.05) is 6.07 Å². The van der Waals surface area contributed by atoms with Gasteiger partial charge in [-0.25, -0.2) is 8.78 Å². The number of amides is 2. The van der Waals surface area contributed by atoms with Gasteiger partial charge in [0.05, 0.1) is 18.9 Å². The van der Waals surface area contributed by atoms with Crippen LogP contribution in [0.15, 0.2) is 42.5 Å². The predicted octanol–water partition coefficient (Wildman–Crippen LogP) is 3.19. The molecule has 3 rings (SSSR count). The molecule has 7 heteroatoms. The minimum absolute atomic E-state index is 0.306. The maximum Gasteiger partial charge on any atom is 0.228 e. The van der Waals surface area contributed by atoms with E-state index in [1.165, 1.54) is 6.07 Å². The van der Waals surface area contributed by atoms with Gasteiger partial charge in [-0.15, -0.1) is 0 Å². The summed E-state index contributed by atoms with van der Waals surface area (Å²) in [5.41, 5.74) is 0.0886. The van der Waals surface area contributed by atoms with E-state index in [4.69, 9.17) is 4.74 Å². The van der Waals surface area contributed by atoms with Crippen LogP contribution in [0.5, 0.6) is 5.75 Å². The monoisotopic (exact) mass is 346 g/mol. The second-order valence-electron chi connectivity index (χ2n) is 5.75. The van der Waals surface area contributed by atoms with Crippen molar-refractivity contribution in [3.63, 3.8) is 0 Å². The average molecular weight is 346 g/mol. The summed E-state index contributed by atoms with van der Waals surface area (Å²) >= 11 is 0. The van der Waals surface area contributed by atoms with E-state index in [0.29, 0.717) is 17.9 Å². The summed E-state index contributed by atoms with van der Waals surface area (Å²) in [7, 11) is 1.54. The molecule has 2 aromatic carbocycles. The van der Waals surface area contributed by atoms with E-state index in [-0.39, 0.29) is 5.91 Å². The first-order valence-electron chi connectivity index (χ1n) is 7.69. The number of hydrogen-bond acceptors (Lipinski definition) is 3. The van der Waals surface area contributed by atoms with Gasteiger partial charge in [-0.2, -0.15) is 0 Å². The zero-order valence-corrected chi connectivity index (χ0v) is 13.4. The Morgan fingerprint density at radius 3 is 2.08 bits per heavy atom. The number of benzene rings is 2. The zero-order valence-electron chi connectivity index (χ0n) is 13.4. The fourth-order valence-electron chi connectivity index (χ4n) is 2.52. The van der Waals surface area contributed by atoms with Crippen molar-refractivity contribution in [3.05, 3.63) is 54.1 Å². The molecule has 2 unspecified atom stereocenters. The molecule has 0 heterocycles. The Balaban J connectivity index is 1.57. The molecule has 1 fully saturated rings. The number of para-hydroxylation sites is 1. The van der Waals surface area contributed by atoms with Crippen molar-refractivity contribution in [1.29, 1.82) is 0 Å². The SMILES string of the molecule is COc1ccc(NC(=O)C2CC2C(=O)Nc2c(F)cccc2F)cc1. The van der Waals surface area contributed by atoms with Crippen LogP contribution in [0.4, 0.5) is 20.2 Å². The Hall–Kier alpha value is -2.96. The van der Waals surface area contributed by atoms with E-state index in [1.54, 1.807) is 31.4 Å². The minimum Gasteiger partial charge on any atom is -0.497 e. The normalized spacial score (nSPS) is 18.4. The lowest BCUT2D eigenvalue weighted by Crippen LogP contribution is -2.21. The van der Waals surface area contributed by atoms with E-state index in [0.717, 1.165) is 12.1 Å². The lowest BCUT2D eigenvalue weighted by Gasteiger charge is -2.08. The Morgan fingerprint density at radius 2 is 1.52 bits per heavy atom. The molecule has 130 valence electrons. The summed E-state index contributed by atoms with van der Waals surface area (Å²) in [6, 6.07) is 10.1. The number of carbonyl (C=O) groups excluding carboxylic acids is 2. The van der Waals surface area contributed by atoms with Crippen molar-refractivity contribution in [1.82, 2.24) is 0 Å². The first-order valence-corrected chi connectivity index (χ1v) is 7.69. The lowest BCUT2D eigenvalue weighted by atomic mass is 10.2. The first-order chi connectivity index (χ1) is 12.0. The van der Waals surface area contributed by atoms with Crippen LogP contribution in [0.3, 0.4) is 0 Å². The summed E-state index contributed by atoms with van der Waals surface area (Å²) in [6.07, 6.45) is 0.337. The number of carbonyl (C=O) groups is 2. The molecule has 0 saturated heterocycles. The third-order valence-electron chi connectivity index (χ3n) is 4.03. The van der Waals surface area contributed by atoms with Crippen LogP contribution in [0.1, 0.15) is 6.42 Å². The van der Waals surface area contributed by atoms with Gasteiger partial charge in [-0.3, -0.25) is 9.59 Å². The van der Waals surface area contributed by atoms with Gasteiger partial charge in [0, 0.05) is 5.69 Å². The quantitative estimate of drug-likeness (QED) is 0.874. The largest absolute Gasteiger partial charge is 0.497 e. The van der Waals surface area contributed by atoms with Crippen molar-refractivity contribution in [2.75, 3.05) is 17.7 Å². The molecule has 2 atom stereocenters. The maximum absolute atomic E-state index is 13.6. The average Bonchev–Trinajstić information content (AvgIpc) is 3.40. The minimum atomic E-state index is -0.853. The Labute approximate surface area is 143 Å². The van der Waals surface area contributed by atoms with Crippen molar-refractivity contribution in [2.24, 2.45) is 11.8 Å². The molecular weight excluding hydrogens is 330 g/mol. The van der Waals surface area contributed by atoms with Crippen LogP contribution in [0, 0.1) is 23.5 Å². The third kappa shape index (κ3) is 3.76. The topological polar surface area (TPSA) is 67.4 Å². The standard InChI is InChI=1S/C18H16F2N2O3/c1-25-11-7-5-10(6-8-11)21-17(23)12-9-13(12)18(24)22-16-14(19)3-2-4-15(16)20/h2-8,12-13H,9H2,1H3,(H,21,23)(H,22,24). The molecule has 1 aliphatic carbocycles. The highest BCUT2D eigenvalue weighted by Gasteiger charge is 2.48. The Morgan fingerprint density at radius 1 is 0.960 bits per heavy atom. The van der Waals surface area contributed by atoms with E-state index >= 15 is 0 Å². The molecule has 0 aliphatic heterocycles. The van der Waals surface area contributed by atoms with Crippen molar-refractivity contribution < 1.29 is 23.1 Å². The summed E-state index contributed by atoms with van der Waals surface area (Å²) in [4.78, 5) is 24.2. The van der Waals surface area contributed by atoms with Crippen LogP contribution < -0.4 is 15.4 Å². The Bertz CT molecular complexity index is 788. The lowest BCUT2D eigenvalue weighted by molar-refractivity contribution is -0.122. The van der Waals surface area contributed by atoms with Gasteiger partial charge in [0.15, 0.2) is 0 Å². The highest BCUT2D eigenvalue weighted by molar-refractivity contribution is 6.03. The summed E-state index contributed by atoms with van der Waals surface area (Å²) in [6.45, 7) is 0. The van der Waals surface area contributed by atoms with E-state index < -0.39 is 35.1 Å². The molecule has 1 aliphatic rings. The number of ether oxygens (including phenoxy) is 1. The van der Waals surface area contributed by atoms with Gasteiger partial charge in [0.25, 0.3) is 0 Å². The highest BCUT2D eigenvalue weighted by Crippen LogP contribution is 2.40. The number of rotatable bonds is 5.